The summed E-state index contributed by atoms with van der Waals surface area (Å²) in [6.45, 7) is 0.150. The number of hydrogen-bond donors (Lipinski definition) is 1. The molecule has 0 aliphatic rings. The van der Waals surface area contributed by atoms with Crippen LogP contribution in [0.1, 0.15) is 16.7 Å². The molecule has 0 aliphatic heterocycles. The Kier molecular flexibility index (Phi) is 6.16. The smallest absolute Gasteiger partial charge is 0.172 e. The van der Waals surface area contributed by atoms with Gasteiger partial charge in [-0.3, -0.25) is 0 Å². The molecule has 3 rings (SSSR count). The first-order valence-corrected chi connectivity index (χ1v) is 9.30. The summed E-state index contributed by atoms with van der Waals surface area (Å²) in [6, 6.07) is 18.3. The molecule has 0 radical (unpaired) electrons. The van der Waals surface area contributed by atoms with E-state index in [9.17, 15) is 14.0 Å². The fraction of sp³-hybridized carbons (Fsp3) is 0.0476. The Balaban J connectivity index is 1.87. The van der Waals surface area contributed by atoms with Gasteiger partial charge in [0.05, 0.1) is 26.7 Å². The van der Waals surface area contributed by atoms with Crippen molar-refractivity contribution in [1.82, 2.24) is 0 Å². The van der Waals surface area contributed by atoms with E-state index in [0.29, 0.717) is 21.2 Å². The fourth-order valence-corrected chi connectivity index (χ4v) is 3.75. The van der Waals surface area contributed by atoms with Gasteiger partial charge in [0.1, 0.15) is 12.1 Å². The Morgan fingerprint density at radius 3 is 2.46 bits per heavy atom. The molecular formula is C21H12ClF2N3S. The maximum Gasteiger partial charge on any atom is 0.172 e. The van der Waals surface area contributed by atoms with Crippen LogP contribution in [0.5, 0.6) is 0 Å². The Labute approximate surface area is 170 Å². The molecule has 3 aromatic rings. The molecule has 138 valence electrons. The van der Waals surface area contributed by atoms with E-state index in [0.717, 1.165) is 17.8 Å². The van der Waals surface area contributed by atoms with E-state index >= 15 is 0 Å². The number of anilines is 1. The number of halogens is 3. The number of benzene rings is 3. The first-order chi connectivity index (χ1) is 13.5. The average Bonchev–Trinajstić information content (AvgIpc) is 2.71. The topological polar surface area (TPSA) is 59.6 Å². The standard InChI is InChI=1S/C21H12ClF2N3S/c22-16-5-1-2-7-19(16)28-20-9-13(8-17(23)21(20)24)12-27-18-6-3-4-14(10-25)15(18)11-26/h1-9,27H,12H2. The second-order valence-corrected chi connectivity index (χ2v) is 7.22. The van der Waals surface area contributed by atoms with Crippen molar-refractivity contribution in [2.75, 3.05) is 5.32 Å². The van der Waals surface area contributed by atoms with E-state index < -0.39 is 11.6 Å². The van der Waals surface area contributed by atoms with Crippen LogP contribution >= 0.6 is 23.4 Å². The lowest BCUT2D eigenvalue weighted by Crippen LogP contribution is -2.04. The largest absolute Gasteiger partial charge is 0.380 e. The summed E-state index contributed by atoms with van der Waals surface area (Å²) in [4.78, 5) is 0.720. The molecular weight excluding hydrogens is 400 g/mol. The van der Waals surface area contributed by atoms with Crippen molar-refractivity contribution in [2.45, 2.75) is 16.3 Å². The van der Waals surface area contributed by atoms with Gasteiger partial charge in [-0.25, -0.2) is 8.78 Å². The van der Waals surface area contributed by atoms with Gasteiger partial charge in [-0.1, -0.05) is 41.6 Å². The molecule has 28 heavy (non-hydrogen) atoms. The zero-order valence-corrected chi connectivity index (χ0v) is 15.9. The van der Waals surface area contributed by atoms with E-state index in [-0.39, 0.29) is 22.6 Å². The molecule has 0 amide bonds. The first kappa shape index (κ1) is 19.7. The predicted molar refractivity (Wildman–Crippen MR) is 105 cm³/mol. The van der Waals surface area contributed by atoms with E-state index in [1.807, 2.05) is 12.1 Å². The third-order valence-electron chi connectivity index (χ3n) is 3.89. The van der Waals surface area contributed by atoms with Crippen molar-refractivity contribution in [2.24, 2.45) is 0 Å². The lowest BCUT2D eigenvalue weighted by atomic mass is 10.1. The van der Waals surface area contributed by atoms with Gasteiger partial charge in [-0.05, 0) is 42.0 Å². The molecule has 7 heteroatoms. The van der Waals surface area contributed by atoms with Crippen molar-refractivity contribution in [3.05, 3.63) is 87.9 Å². The van der Waals surface area contributed by atoms with Gasteiger partial charge in [0.15, 0.2) is 11.6 Å². The summed E-state index contributed by atoms with van der Waals surface area (Å²) in [5, 5.41) is 21.8. The molecule has 0 bridgehead atoms. The van der Waals surface area contributed by atoms with Gasteiger partial charge in [-0.15, -0.1) is 0 Å². The van der Waals surface area contributed by atoms with Gasteiger partial charge in [-0.2, -0.15) is 10.5 Å². The van der Waals surface area contributed by atoms with Crippen LogP contribution in [-0.4, -0.2) is 0 Å². The van der Waals surface area contributed by atoms with Gasteiger partial charge in [0, 0.05) is 11.4 Å². The minimum Gasteiger partial charge on any atom is -0.380 e. The van der Waals surface area contributed by atoms with Gasteiger partial charge in [0.25, 0.3) is 0 Å². The normalized spacial score (nSPS) is 10.2. The van der Waals surface area contributed by atoms with Crippen molar-refractivity contribution >= 4 is 29.1 Å². The highest BCUT2D eigenvalue weighted by molar-refractivity contribution is 7.99. The van der Waals surface area contributed by atoms with Crippen LogP contribution in [0.15, 0.2) is 64.4 Å². The lowest BCUT2D eigenvalue weighted by molar-refractivity contribution is 0.490. The quantitative estimate of drug-likeness (QED) is 0.549. The van der Waals surface area contributed by atoms with Gasteiger partial charge < -0.3 is 5.32 Å². The highest BCUT2D eigenvalue weighted by Gasteiger charge is 2.14. The molecule has 0 saturated carbocycles. The van der Waals surface area contributed by atoms with Gasteiger partial charge >= 0.3 is 0 Å². The third-order valence-corrected chi connectivity index (χ3v) is 5.43. The Hall–Kier alpha value is -3.06. The SMILES string of the molecule is N#Cc1cccc(NCc2cc(F)c(F)c(Sc3ccccc3Cl)c2)c1C#N. The van der Waals surface area contributed by atoms with Crippen molar-refractivity contribution in [1.29, 1.82) is 10.5 Å². The van der Waals surface area contributed by atoms with Crippen molar-refractivity contribution in [3.8, 4) is 12.1 Å². The Morgan fingerprint density at radius 1 is 0.964 bits per heavy atom. The van der Waals surface area contributed by atoms with E-state index in [1.165, 1.54) is 6.07 Å². The number of hydrogen-bond acceptors (Lipinski definition) is 4. The van der Waals surface area contributed by atoms with E-state index in [2.05, 4.69) is 5.32 Å². The molecule has 1 N–H and O–H groups in total. The molecule has 3 aromatic carbocycles. The van der Waals surface area contributed by atoms with Crippen LogP contribution in [0.25, 0.3) is 0 Å². The maximum atomic E-state index is 14.2. The summed E-state index contributed by atoms with van der Waals surface area (Å²) in [6.07, 6.45) is 0. The van der Waals surface area contributed by atoms with E-state index in [1.54, 1.807) is 42.5 Å². The Morgan fingerprint density at radius 2 is 1.75 bits per heavy atom. The summed E-state index contributed by atoms with van der Waals surface area (Å²) < 4.78 is 28.3. The Bertz CT molecular complexity index is 1120. The molecule has 0 fully saturated rings. The molecule has 0 saturated heterocycles. The zero-order valence-electron chi connectivity index (χ0n) is 14.3. The van der Waals surface area contributed by atoms with Crippen molar-refractivity contribution in [3.63, 3.8) is 0 Å². The second-order valence-electron chi connectivity index (χ2n) is 5.73. The fourth-order valence-electron chi connectivity index (χ4n) is 2.55. The van der Waals surface area contributed by atoms with Crippen LogP contribution in [0.2, 0.25) is 5.02 Å². The first-order valence-electron chi connectivity index (χ1n) is 8.11. The van der Waals surface area contributed by atoms with Crippen molar-refractivity contribution < 1.29 is 8.78 Å². The third kappa shape index (κ3) is 4.26. The molecule has 0 aromatic heterocycles. The summed E-state index contributed by atoms with van der Waals surface area (Å²) in [5.41, 5.74) is 1.39. The zero-order chi connectivity index (χ0) is 20.1. The highest BCUT2D eigenvalue weighted by atomic mass is 35.5. The highest BCUT2D eigenvalue weighted by Crippen LogP contribution is 2.36. The maximum absolute atomic E-state index is 14.2. The number of nitrogens with one attached hydrogen (secondary N) is 1. The molecule has 0 heterocycles. The molecule has 0 unspecified atom stereocenters. The van der Waals surface area contributed by atoms with Crippen LogP contribution in [-0.2, 0) is 6.54 Å². The number of nitriles is 2. The molecule has 3 nitrogen and oxygen atoms in total. The lowest BCUT2D eigenvalue weighted by Gasteiger charge is -2.12. The second kappa shape index (κ2) is 8.75. The molecule has 0 spiro atoms. The van der Waals surface area contributed by atoms with E-state index in [4.69, 9.17) is 16.9 Å². The monoisotopic (exact) mass is 411 g/mol. The van der Waals surface area contributed by atoms with Crippen LogP contribution in [0.4, 0.5) is 14.5 Å². The summed E-state index contributed by atoms with van der Waals surface area (Å²) in [7, 11) is 0. The van der Waals surface area contributed by atoms with Crippen LogP contribution in [0.3, 0.4) is 0 Å². The van der Waals surface area contributed by atoms with Crippen LogP contribution < -0.4 is 5.32 Å². The average molecular weight is 412 g/mol. The summed E-state index contributed by atoms with van der Waals surface area (Å²) >= 11 is 7.14. The molecule has 0 aliphatic carbocycles. The minimum absolute atomic E-state index is 0.108. The minimum atomic E-state index is -0.972. The van der Waals surface area contributed by atoms with Crippen LogP contribution in [0, 0.1) is 34.3 Å². The predicted octanol–water partition coefficient (Wildman–Crippen LogP) is 6.12. The summed E-state index contributed by atoms with van der Waals surface area (Å²) in [5.74, 6) is -1.92. The number of nitrogens with zero attached hydrogens (tertiary/aromatic N) is 2. The van der Waals surface area contributed by atoms with Gasteiger partial charge in [0.2, 0.25) is 0 Å². The number of rotatable bonds is 5. The molecule has 0 atom stereocenters.